The van der Waals surface area contributed by atoms with E-state index in [0.29, 0.717) is 5.69 Å². The second-order valence-corrected chi connectivity index (χ2v) is 5.40. The van der Waals surface area contributed by atoms with Crippen molar-refractivity contribution in [3.8, 4) is 0 Å². The molecule has 0 unspecified atom stereocenters. The normalized spacial score (nSPS) is 9.95. The first kappa shape index (κ1) is 16.2. The fraction of sp³-hybridized carbons (Fsp3) is 0.0667. The van der Waals surface area contributed by atoms with Crippen molar-refractivity contribution in [2.75, 3.05) is 17.7 Å². The van der Waals surface area contributed by atoms with E-state index >= 15 is 0 Å². The molecule has 2 aromatic carbocycles. The Labute approximate surface area is 140 Å². The van der Waals surface area contributed by atoms with Gasteiger partial charge in [-0.3, -0.25) is 0 Å². The van der Waals surface area contributed by atoms with Gasteiger partial charge in [0.1, 0.15) is 5.82 Å². The number of halogens is 2. The molecular formula is C15H12FIN2O3. The molecule has 0 saturated heterocycles. The lowest BCUT2D eigenvalue weighted by Gasteiger charge is -2.12. The Bertz CT molecular complexity index is 722. The fourth-order valence-corrected chi connectivity index (χ4v) is 2.27. The lowest BCUT2D eigenvalue weighted by molar-refractivity contribution is 0.0602. The van der Waals surface area contributed by atoms with Crippen LogP contribution in [0.4, 0.5) is 20.6 Å². The van der Waals surface area contributed by atoms with Crippen molar-refractivity contribution in [1.82, 2.24) is 0 Å². The summed E-state index contributed by atoms with van der Waals surface area (Å²) in [5.41, 5.74) is 0.716. The molecule has 0 spiro atoms. The minimum Gasteiger partial charge on any atom is -0.465 e. The van der Waals surface area contributed by atoms with Crippen LogP contribution in [0.25, 0.3) is 0 Å². The van der Waals surface area contributed by atoms with Crippen LogP contribution in [0.5, 0.6) is 0 Å². The maximum Gasteiger partial charge on any atom is 0.339 e. The molecule has 2 aromatic rings. The van der Waals surface area contributed by atoms with Gasteiger partial charge in [-0.05, 0) is 52.9 Å². The molecule has 0 aliphatic heterocycles. The number of amides is 2. The minimum atomic E-state index is -0.662. The van der Waals surface area contributed by atoms with Crippen LogP contribution >= 0.6 is 22.6 Å². The van der Waals surface area contributed by atoms with E-state index in [1.807, 2.05) is 12.1 Å². The van der Waals surface area contributed by atoms with E-state index in [2.05, 4.69) is 38.0 Å². The molecule has 0 aliphatic carbocycles. The number of nitrogens with one attached hydrogen (secondary N) is 2. The molecular weight excluding hydrogens is 402 g/mol. The third kappa shape index (κ3) is 3.94. The number of para-hydroxylation sites is 1. The molecule has 2 amide bonds. The summed E-state index contributed by atoms with van der Waals surface area (Å²) in [7, 11) is 1.21. The number of hydrogen-bond acceptors (Lipinski definition) is 3. The van der Waals surface area contributed by atoms with E-state index in [-0.39, 0.29) is 11.3 Å². The Morgan fingerprint density at radius 3 is 2.45 bits per heavy atom. The molecule has 2 rings (SSSR count). The number of methoxy groups -OCH3 is 1. The fourth-order valence-electron chi connectivity index (χ4n) is 1.75. The van der Waals surface area contributed by atoms with E-state index in [1.54, 1.807) is 12.1 Å². The molecule has 5 nitrogen and oxygen atoms in total. The first-order chi connectivity index (χ1) is 10.5. The van der Waals surface area contributed by atoms with Crippen molar-refractivity contribution in [2.24, 2.45) is 0 Å². The van der Waals surface area contributed by atoms with Crippen LogP contribution in [0.1, 0.15) is 10.4 Å². The highest BCUT2D eigenvalue weighted by atomic mass is 127. The van der Waals surface area contributed by atoms with Gasteiger partial charge < -0.3 is 15.4 Å². The lowest BCUT2D eigenvalue weighted by Crippen LogP contribution is -2.21. The number of carbonyl (C=O) groups excluding carboxylic acids is 2. The smallest absolute Gasteiger partial charge is 0.339 e. The van der Waals surface area contributed by atoms with Gasteiger partial charge in [0.2, 0.25) is 0 Å². The Morgan fingerprint density at radius 1 is 1.09 bits per heavy atom. The highest BCUT2D eigenvalue weighted by Gasteiger charge is 2.15. The van der Waals surface area contributed by atoms with Crippen LogP contribution in [0.15, 0.2) is 42.5 Å². The summed E-state index contributed by atoms with van der Waals surface area (Å²) >= 11 is 2.08. The zero-order valence-corrected chi connectivity index (χ0v) is 13.7. The lowest BCUT2D eigenvalue weighted by atomic mass is 10.1. The van der Waals surface area contributed by atoms with E-state index in [1.165, 1.54) is 13.2 Å². The highest BCUT2D eigenvalue weighted by Crippen LogP contribution is 2.20. The number of anilines is 2. The van der Waals surface area contributed by atoms with Crippen molar-refractivity contribution < 1.29 is 18.7 Å². The van der Waals surface area contributed by atoms with E-state index in [4.69, 9.17) is 0 Å². The number of benzene rings is 2. The third-order valence-corrected chi connectivity index (χ3v) is 3.70. The zero-order chi connectivity index (χ0) is 16.1. The van der Waals surface area contributed by atoms with Crippen LogP contribution in [0.2, 0.25) is 0 Å². The van der Waals surface area contributed by atoms with Gasteiger partial charge in [-0.25, -0.2) is 14.0 Å². The monoisotopic (exact) mass is 414 g/mol. The van der Waals surface area contributed by atoms with Gasteiger partial charge in [-0.15, -0.1) is 0 Å². The van der Waals surface area contributed by atoms with Gasteiger partial charge in [0.15, 0.2) is 0 Å². The maximum atomic E-state index is 13.3. The Morgan fingerprint density at radius 2 is 1.77 bits per heavy atom. The molecule has 0 radical (unpaired) electrons. The van der Waals surface area contributed by atoms with Crippen molar-refractivity contribution >= 4 is 46.0 Å². The van der Waals surface area contributed by atoms with Gasteiger partial charge in [-0.2, -0.15) is 0 Å². The van der Waals surface area contributed by atoms with Crippen molar-refractivity contribution in [1.29, 1.82) is 0 Å². The zero-order valence-electron chi connectivity index (χ0n) is 11.5. The third-order valence-electron chi connectivity index (χ3n) is 2.76. The Hall–Kier alpha value is -2.16. The highest BCUT2D eigenvalue weighted by molar-refractivity contribution is 14.1. The first-order valence-corrected chi connectivity index (χ1v) is 7.29. The predicted molar refractivity (Wildman–Crippen MR) is 89.5 cm³/mol. The number of urea groups is 1. The van der Waals surface area contributed by atoms with Gasteiger partial charge >= 0.3 is 12.0 Å². The summed E-state index contributed by atoms with van der Waals surface area (Å²) in [6.07, 6.45) is 0. The first-order valence-electron chi connectivity index (χ1n) is 6.21. The van der Waals surface area contributed by atoms with E-state index in [9.17, 15) is 14.0 Å². The molecule has 0 bridgehead atoms. The van der Waals surface area contributed by atoms with Crippen LogP contribution < -0.4 is 10.6 Å². The van der Waals surface area contributed by atoms with Crippen LogP contribution in [0, 0.1) is 9.39 Å². The number of hydrogen-bond donors (Lipinski definition) is 2. The quantitative estimate of drug-likeness (QED) is 0.592. The largest absolute Gasteiger partial charge is 0.465 e. The molecule has 0 fully saturated rings. The summed E-state index contributed by atoms with van der Waals surface area (Å²) in [5, 5.41) is 5.08. The van der Waals surface area contributed by atoms with E-state index < -0.39 is 17.8 Å². The van der Waals surface area contributed by atoms with E-state index in [0.717, 1.165) is 15.7 Å². The molecule has 0 atom stereocenters. The van der Waals surface area contributed by atoms with Crippen molar-refractivity contribution in [3.05, 3.63) is 57.4 Å². The van der Waals surface area contributed by atoms with Crippen LogP contribution in [-0.4, -0.2) is 19.1 Å². The second-order valence-electron chi connectivity index (χ2n) is 4.24. The average Bonchev–Trinajstić information content (AvgIpc) is 2.49. The van der Waals surface area contributed by atoms with Crippen molar-refractivity contribution in [3.63, 3.8) is 0 Å². The summed E-state index contributed by atoms with van der Waals surface area (Å²) in [4.78, 5) is 23.6. The van der Waals surface area contributed by atoms with Gasteiger partial charge in [0.05, 0.1) is 24.0 Å². The Kier molecular flexibility index (Phi) is 5.31. The molecule has 0 saturated carbocycles. The molecule has 7 heteroatoms. The molecule has 114 valence electrons. The summed E-state index contributed by atoms with van der Waals surface area (Å²) in [6, 6.07) is 10.0. The number of esters is 1. The maximum absolute atomic E-state index is 13.3. The summed E-state index contributed by atoms with van der Waals surface area (Å²) in [5.74, 6) is -1.23. The standard InChI is InChI=1S/C15H12FIN2O3/c1-22-14(20)10-7-6-9(16)8-13(10)19-15(21)18-12-5-3-2-4-11(12)17/h2-8H,1H3,(H2,18,19,21). The molecule has 2 N–H and O–H groups in total. The molecule has 0 heterocycles. The van der Waals surface area contributed by atoms with Gasteiger partial charge in [0.25, 0.3) is 0 Å². The SMILES string of the molecule is COC(=O)c1ccc(F)cc1NC(=O)Nc1ccccc1I. The van der Waals surface area contributed by atoms with Crippen LogP contribution in [-0.2, 0) is 4.74 Å². The predicted octanol–water partition coefficient (Wildman–Crippen LogP) is 3.86. The summed E-state index contributed by atoms with van der Waals surface area (Å²) < 4.78 is 18.8. The topological polar surface area (TPSA) is 67.4 Å². The Balaban J connectivity index is 2.19. The minimum absolute atomic E-state index is 0.0373. The van der Waals surface area contributed by atoms with Gasteiger partial charge in [-0.1, -0.05) is 12.1 Å². The molecule has 22 heavy (non-hydrogen) atoms. The van der Waals surface area contributed by atoms with Gasteiger partial charge in [0, 0.05) is 3.57 Å². The average molecular weight is 414 g/mol. The second kappa shape index (κ2) is 7.21. The number of carbonyl (C=O) groups is 2. The van der Waals surface area contributed by atoms with Crippen molar-refractivity contribution in [2.45, 2.75) is 0 Å². The molecule has 0 aliphatic rings. The number of rotatable bonds is 3. The molecule has 0 aromatic heterocycles. The summed E-state index contributed by atoms with van der Waals surface area (Å²) in [6.45, 7) is 0. The number of ether oxygens (including phenoxy) is 1. The van der Waals surface area contributed by atoms with Crippen LogP contribution in [0.3, 0.4) is 0 Å².